The van der Waals surface area contributed by atoms with E-state index in [0.717, 1.165) is 0 Å². The normalized spacial score (nSPS) is 15.3. The Hall–Kier alpha value is -2.87. The molecule has 5 atom stereocenters. The van der Waals surface area contributed by atoms with Gasteiger partial charge < -0.3 is 37.0 Å². The predicted molar refractivity (Wildman–Crippen MR) is 118 cm³/mol. The summed E-state index contributed by atoms with van der Waals surface area (Å²) in [7, 11) is 0. The number of rotatable bonds is 16. The van der Waals surface area contributed by atoms with Gasteiger partial charge in [-0.05, 0) is 24.3 Å². The topological polar surface area (TPSA) is 225 Å². The molecule has 0 aromatic rings. The fraction of sp³-hybridized carbons (Fsp3) is 0.684. The average Bonchev–Trinajstić information content (AvgIpc) is 2.72. The molecule has 0 spiro atoms. The van der Waals surface area contributed by atoms with Crippen LogP contribution < -0.4 is 21.7 Å². The minimum Gasteiger partial charge on any atom is -0.481 e. The molecule has 0 bridgehead atoms. The van der Waals surface area contributed by atoms with Crippen molar-refractivity contribution >= 4 is 47.4 Å². The lowest BCUT2D eigenvalue weighted by molar-refractivity contribution is -0.147. The summed E-state index contributed by atoms with van der Waals surface area (Å²) in [5, 5.41) is 33.8. The summed E-state index contributed by atoms with van der Waals surface area (Å²) in [6.45, 7) is 3.42. The third kappa shape index (κ3) is 11.5. The molecule has 0 radical (unpaired) electrons. The second-order valence-electron chi connectivity index (χ2n) is 7.42. The van der Waals surface area contributed by atoms with Crippen molar-refractivity contribution in [2.45, 2.75) is 63.7 Å². The molecule has 0 saturated heterocycles. The summed E-state index contributed by atoms with van der Waals surface area (Å²) in [4.78, 5) is 70.7. The first-order chi connectivity index (χ1) is 15.3. The third-order valence-corrected chi connectivity index (χ3v) is 5.41. The Kier molecular flexibility index (Phi) is 13.7. The standard InChI is InChI=1S/C19H32N4O9S/c1-4-9(2)15(23-16(28)10(20)7-13(24)25)18(30)21-11(5-6-33-3)17(29)22-12(19(31)32)8-14(26)27/h9-12,15H,4-8,20H2,1-3H3,(H,21,30)(H,22,29)(H,23,28)(H,24,25)(H,26,27)(H,31,32). The second-order valence-corrected chi connectivity index (χ2v) is 8.40. The predicted octanol–water partition coefficient (Wildman–Crippen LogP) is -1.40. The van der Waals surface area contributed by atoms with Crippen LogP contribution in [0, 0.1) is 5.92 Å². The smallest absolute Gasteiger partial charge is 0.326 e. The molecular weight excluding hydrogens is 460 g/mol. The van der Waals surface area contributed by atoms with Crippen molar-refractivity contribution in [3.63, 3.8) is 0 Å². The highest BCUT2D eigenvalue weighted by Crippen LogP contribution is 2.10. The number of hydrogen-bond acceptors (Lipinski definition) is 8. The molecule has 8 N–H and O–H groups in total. The minimum absolute atomic E-state index is 0.109. The molecule has 0 aromatic heterocycles. The molecule has 5 unspecified atom stereocenters. The zero-order valence-electron chi connectivity index (χ0n) is 18.7. The fourth-order valence-corrected chi connectivity index (χ4v) is 3.13. The Labute approximate surface area is 195 Å². The van der Waals surface area contributed by atoms with Gasteiger partial charge in [0.05, 0.1) is 18.9 Å². The van der Waals surface area contributed by atoms with Crippen molar-refractivity contribution in [1.82, 2.24) is 16.0 Å². The van der Waals surface area contributed by atoms with E-state index in [1.165, 1.54) is 11.8 Å². The van der Waals surface area contributed by atoms with Crippen molar-refractivity contribution in [3.05, 3.63) is 0 Å². The van der Waals surface area contributed by atoms with Crippen LogP contribution in [0.1, 0.15) is 39.5 Å². The molecule has 0 rings (SSSR count). The van der Waals surface area contributed by atoms with E-state index in [4.69, 9.17) is 21.1 Å². The number of carboxylic acids is 3. The molecule has 0 heterocycles. The lowest BCUT2D eigenvalue weighted by Gasteiger charge is -2.27. The van der Waals surface area contributed by atoms with E-state index in [0.29, 0.717) is 12.2 Å². The van der Waals surface area contributed by atoms with Gasteiger partial charge in [0.1, 0.15) is 18.1 Å². The Bertz CT molecular complexity index is 734. The first kappa shape index (κ1) is 30.1. The molecule has 14 heteroatoms. The lowest BCUT2D eigenvalue weighted by atomic mass is 9.97. The number of carbonyl (C=O) groups excluding carboxylic acids is 3. The maximum Gasteiger partial charge on any atom is 0.326 e. The first-order valence-corrected chi connectivity index (χ1v) is 11.5. The maximum absolute atomic E-state index is 12.9. The van der Waals surface area contributed by atoms with Gasteiger partial charge in [-0.25, -0.2) is 4.79 Å². The van der Waals surface area contributed by atoms with E-state index in [-0.39, 0.29) is 6.42 Å². The fourth-order valence-electron chi connectivity index (χ4n) is 2.66. The van der Waals surface area contributed by atoms with Crippen LogP contribution in [-0.4, -0.2) is 87.1 Å². The van der Waals surface area contributed by atoms with Gasteiger partial charge >= 0.3 is 17.9 Å². The number of thioether (sulfide) groups is 1. The molecule has 188 valence electrons. The minimum atomic E-state index is -1.69. The SMILES string of the molecule is CCC(C)C(NC(=O)C(N)CC(=O)O)C(=O)NC(CCSC)C(=O)NC(CC(=O)O)C(=O)O. The van der Waals surface area contributed by atoms with Gasteiger partial charge in [0.25, 0.3) is 0 Å². The number of nitrogens with one attached hydrogen (secondary N) is 3. The van der Waals surface area contributed by atoms with Crippen molar-refractivity contribution < 1.29 is 44.1 Å². The number of hydrogen-bond donors (Lipinski definition) is 7. The highest BCUT2D eigenvalue weighted by Gasteiger charge is 2.33. The molecular formula is C19H32N4O9S. The first-order valence-electron chi connectivity index (χ1n) is 10.2. The molecule has 0 aliphatic rings. The van der Waals surface area contributed by atoms with E-state index in [1.54, 1.807) is 20.1 Å². The molecule has 3 amide bonds. The van der Waals surface area contributed by atoms with Gasteiger partial charge in [-0.3, -0.25) is 24.0 Å². The van der Waals surface area contributed by atoms with Crippen LogP contribution in [0.15, 0.2) is 0 Å². The second kappa shape index (κ2) is 15.1. The van der Waals surface area contributed by atoms with Crippen molar-refractivity contribution in [3.8, 4) is 0 Å². The summed E-state index contributed by atoms with van der Waals surface area (Å²) in [5.41, 5.74) is 5.55. The Morgan fingerprint density at radius 2 is 1.39 bits per heavy atom. The number of carbonyl (C=O) groups is 6. The quantitative estimate of drug-likeness (QED) is 0.133. The molecule has 13 nitrogen and oxygen atoms in total. The molecule has 0 saturated carbocycles. The van der Waals surface area contributed by atoms with Crippen molar-refractivity contribution in [2.75, 3.05) is 12.0 Å². The van der Waals surface area contributed by atoms with Crippen LogP contribution in [0.5, 0.6) is 0 Å². The molecule has 0 aromatic carbocycles. The highest BCUT2D eigenvalue weighted by atomic mass is 32.2. The summed E-state index contributed by atoms with van der Waals surface area (Å²) >= 11 is 1.37. The van der Waals surface area contributed by atoms with Gasteiger partial charge in [0, 0.05) is 0 Å². The van der Waals surface area contributed by atoms with Crippen LogP contribution >= 0.6 is 11.8 Å². The van der Waals surface area contributed by atoms with E-state index in [2.05, 4.69) is 16.0 Å². The Balaban J connectivity index is 5.54. The van der Waals surface area contributed by atoms with E-state index in [9.17, 15) is 28.8 Å². The zero-order chi connectivity index (χ0) is 25.7. The summed E-state index contributed by atoms with van der Waals surface area (Å²) in [6, 6.07) is -5.41. The van der Waals surface area contributed by atoms with Gasteiger partial charge in [-0.15, -0.1) is 0 Å². The van der Waals surface area contributed by atoms with Gasteiger partial charge in [0.15, 0.2) is 0 Å². The van der Waals surface area contributed by atoms with E-state index < -0.39 is 78.6 Å². The maximum atomic E-state index is 12.9. The summed E-state index contributed by atoms with van der Waals surface area (Å²) in [6.07, 6.45) is 0.829. The molecule has 0 fully saturated rings. The van der Waals surface area contributed by atoms with Crippen molar-refractivity contribution in [2.24, 2.45) is 11.7 Å². The van der Waals surface area contributed by atoms with Crippen LogP contribution in [-0.2, 0) is 28.8 Å². The van der Waals surface area contributed by atoms with Crippen molar-refractivity contribution in [1.29, 1.82) is 0 Å². The number of amides is 3. The molecule has 0 aliphatic carbocycles. The summed E-state index contributed by atoms with van der Waals surface area (Å²) < 4.78 is 0. The Morgan fingerprint density at radius 3 is 1.85 bits per heavy atom. The van der Waals surface area contributed by atoms with Crippen LogP contribution in [0.3, 0.4) is 0 Å². The lowest BCUT2D eigenvalue weighted by Crippen LogP contribution is -2.59. The highest BCUT2D eigenvalue weighted by molar-refractivity contribution is 7.98. The average molecular weight is 493 g/mol. The summed E-state index contributed by atoms with van der Waals surface area (Å²) in [5.74, 6) is -6.73. The molecule has 0 aliphatic heterocycles. The van der Waals surface area contributed by atoms with E-state index in [1.807, 2.05) is 0 Å². The van der Waals surface area contributed by atoms with Gasteiger partial charge in [0.2, 0.25) is 17.7 Å². The van der Waals surface area contributed by atoms with Gasteiger partial charge in [-0.2, -0.15) is 11.8 Å². The van der Waals surface area contributed by atoms with Crippen LogP contribution in [0.25, 0.3) is 0 Å². The third-order valence-electron chi connectivity index (χ3n) is 4.76. The van der Waals surface area contributed by atoms with Crippen LogP contribution in [0.4, 0.5) is 0 Å². The zero-order valence-corrected chi connectivity index (χ0v) is 19.5. The monoisotopic (exact) mass is 492 g/mol. The van der Waals surface area contributed by atoms with Crippen LogP contribution in [0.2, 0.25) is 0 Å². The number of carboxylic acid groups (broad SMARTS) is 3. The Morgan fingerprint density at radius 1 is 0.848 bits per heavy atom. The largest absolute Gasteiger partial charge is 0.481 e. The van der Waals surface area contributed by atoms with Gasteiger partial charge in [-0.1, -0.05) is 20.3 Å². The molecule has 33 heavy (non-hydrogen) atoms. The number of nitrogens with two attached hydrogens (primary N) is 1. The number of aliphatic carboxylic acids is 3. The van der Waals surface area contributed by atoms with E-state index >= 15 is 0 Å².